The Morgan fingerprint density at radius 3 is 2.12 bits per heavy atom. The molecule has 1 aromatic rings. The molecule has 0 heterocycles. The fraction of sp³-hybridized carbons (Fsp3) is 0.462. The molecule has 2 N–H and O–H groups in total. The molecule has 0 amide bonds. The Hall–Kier alpha value is -1.71. The fourth-order valence-corrected chi connectivity index (χ4v) is 1.03. The lowest BCUT2D eigenvalue weighted by Crippen LogP contribution is -1.99. The van der Waals surface area contributed by atoms with Gasteiger partial charge in [0.2, 0.25) is 0 Å². The number of nitrogens with one attached hydrogen (secondary N) is 1. The van der Waals surface area contributed by atoms with Crippen LogP contribution in [0.2, 0.25) is 0 Å². The second-order valence-electron chi connectivity index (χ2n) is 2.47. The molecule has 4 nitrogen and oxygen atoms in total. The van der Waals surface area contributed by atoms with E-state index >= 15 is 0 Å². The van der Waals surface area contributed by atoms with E-state index < -0.39 is 5.97 Å². The largest absolute Gasteiger partial charge is 0.495 e. The van der Waals surface area contributed by atoms with Gasteiger partial charge in [-0.1, -0.05) is 27.7 Å². The van der Waals surface area contributed by atoms with Gasteiger partial charge in [-0.2, -0.15) is 0 Å². The summed E-state index contributed by atoms with van der Waals surface area (Å²) in [6.07, 6.45) is 0. The van der Waals surface area contributed by atoms with Crippen LogP contribution in [0.4, 0.5) is 5.69 Å². The first kappa shape index (κ1) is 17.7. The van der Waals surface area contributed by atoms with Crippen LogP contribution in [0.5, 0.6) is 5.75 Å². The first-order chi connectivity index (χ1) is 8.19. The molecular weight excluding hydrogens is 218 g/mol. The highest BCUT2D eigenvalue weighted by Gasteiger charge is 2.07. The van der Waals surface area contributed by atoms with Gasteiger partial charge in [-0.25, -0.2) is 4.79 Å². The van der Waals surface area contributed by atoms with E-state index in [-0.39, 0.29) is 5.56 Å². The van der Waals surface area contributed by atoms with Crippen molar-refractivity contribution in [2.75, 3.05) is 19.5 Å². The highest BCUT2D eigenvalue weighted by atomic mass is 16.5. The third-order valence-corrected chi connectivity index (χ3v) is 1.72. The van der Waals surface area contributed by atoms with Crippen molar-refractivity contribution < 1.29 is 14.6 Å². The van der Waals surface area contributed by atoms with Crippen LogP contribution in [0.25, 0.3) is 0 Å². The Bertz CT molecular complexity index is 324. The molecule has 0 aliphatic heterocycles. The van der Waals surface area contributed by atoms with Crippen LogP contribution in [0.3, 0.4) is 0 Å². The number of benzene rings is 1. The normalized spacial score (nSPS) is 7.88. The maximum absolute atomic E-state index is 10.6. The Morgan fingerprint density at radius 2 is 1.76 bits per heavy atom. The zero-order chi connectivity index (χ0) is 13.8. The Balaban J connectivity index is 0. The second-order valence-corrected chi connectivity index (χ2v) is 2.47. The first-order valence-electron chi connectivity index (χ1n) is 5.78. The lowest BCUT2D eigenvalue weighted by atomic mass is 10.2. The number of carbonyl (C=O) groups is 1. The van der Waals surface area contributed by atoms with Gasteiger partial charge in [0.1, 0.15) is 5.75 Å². The molecule has 1 aromatic carbocycles. The van der Waals surface area contributed by atoms with Gasteiger partial charge in [-0.3, -0.25) is 0 Å². The van der Waals surface area contributed by atoms with Gasteiger partial charge in [0.25, 0.3) is 0 Å². The second kappa shape index (κ2) is 10.8. The summed E-state index contributed by atoms with van der Waals surface area (Å²) in [7, 11) is 3.25. The van der Waals surface area contributed by atoms with E-state index in [0.717, 1.165) is 5.69 Å². The number of methoxy groups -OCH3 is 1. The minimum absolute atomic E-state index is 0.218. The van der Waals surface area contributed by atoms with E-state index in [2.05, 4.69) is 5.32 Å². The van der Waals surface area contributed by atoms with Gasteiger partial charge in [-0.15, -0.1) is 0 Å². The quantitative estimate of drug-likeness (QED) is 0.850. The summed E-state index contributed by atoms with van der Waals surface area (Å²) in [5.74, 6) is -0.427. The van der Waals surface area contributed by atoms with Gasteiger partial charge >= 0.3 is 5.97 Å². The Morgan fingerprint density at radius 1 is 1.24 bits per heavy atom. The zero-order valence-electron chi connectivity index (χ0n) is 11.5. The number of aromatic carboxylic acids is 1. The van der Waals surface area contributed by atoms with E-state index in [9.17, 15) is 4.79 Å². The summed E-state index contributed by atoms with van der Waals surface area (Å²) in [5, 5.41) is 11.6. The number of carboxylic acids is 1. The zero-order valence-corrected chi connectivity index (χ0v) is 11.5. The molecule has 0 aliphatic rings. The van der Waals surface area contributed by atoms with Crippen LogP contribution >= 0.6 is 0 Å². The molecule has 0 radical (unpaired) electrons. The van der Waals surface area contributed by atoms with E-state index in [1.165, 1.54) is 19.2 Å². The predicted molar refractivity (Wildman–Crippen MR) is 72.2 cm³/mol. The SMILES string of the molecule is CC.CC.CNc1ccc(C(=O)O)cc1OC. The number of ether oxygens (including phenoxy) is 1. The Kier molecular flexibility index (Phi) is 11.2. The lowest BCUT2D eigenvalue weighted by molar-refractivity contribution is 0.0696. The molecule has 98 valence electrons. The predicted octanol–water partition coefficient (Wildman–Crippen LogP) is 3.49. The maximum atomic E-state index is 10.6. The monoisotopic (exact) mass is 241 g/mol. The number of hydrogen-bond acceptors (Lipinski definition) is 3. The van der Waals surface area contributed by atoms with Crippen molar-refractivity contribution in [1.29, 1.82) is 0 Å². The van der Waals surface area contributed by atoms with Gasteiger partial charge in [0.15, 0.2) is 0 Å². The van der Waals surface area contributed by atoms with Crippen LogP contribution < -0.4 is 10.1 Å². The van der Waals surface area contributed by atoms with Gasteiger partial charge in [-0.05, 0) is 18.2 Å². The Labute approximate surface area is 104 Å². The minimum atomic E-state index is -0.957. The molecule has 0 saturated heterocycles. The van der Waals surface area contributed by atoms with Gasteiger partial charge in [0, 0.05) is 7.05 Å². The van der Waals surface area contributed by atoms with E-state index in [1.807, 2.05) is 27.7 Å². The summed E-state index contributed by atoms with van der Waals surface area (Å²) in [4.78, 5) is 10.6. The molecular formula is C13H23NO3. The topological polar surface area (TPSA) is 58.6 Å². The molecule has 17 heavy (non-hydrogen) atoms. The van der Waals surface area contributed by atoms with Gasteiger partial charge in [0.05, 0.1) is 18.4 Å². The van der Waals surface area contributed by atoms with E-state index in [1.54, 1.807) is 13.1 Å². The van der Waals surface area contributed by atoms with Crippen molar-refractivity contribution in [3.05, 3.63) is 23.8 Å². The lowest BCUT2D eigenvalue weighted by Gasteiger charge is -2.07. The van der Waals surface area contributed by atoms with Crippen LogP contribution in [0.15, 0.2) is 18.2 Å². The molecule has 0 spiro atoms. The number of carboxylic acid groups (broad SMARTS) is 1. The smallest absolute Gasteiger partial charge is 0.335 e. The van der Waals surface area contributed by atoms with E-state index in [4.69, 9.17) is 9.84 Å². The van der Waals surface area contributed by atoms with Crippen LogP contribution in [0, 0.1) is 0 Å². The highest BCUT2D eigenvalue weighted by molar-refractivity contribution is 5.89. The first-order valence-corrected chi connectivity index (χ1v) is 5.78. The van der Waals surface area contributed by atoms with Crippen molar-refractivity contribution in [1.82, 2.24) is 0 Å². The van der Waals surface area contributed by atoms with Crippen molar-refractivity contribution >= 4 is 11.7 Å². The van der Waals surface area contributed by atoms with Crippen LogP contribution in [0.1, 0.15) is 38.1 Å². The van der Waals surface area contributed by atoms with Crippen molar-refractivity contribution in [2.24, 2.45) is 0 Å². The van der Waals surface area contributed by atoms with Crippen LogP contribution in [-0.4, -0.2) is 25.2 Å². The van der Waals surface area contributed by atoms with E-state index in [0.29, 0.717) is 5.75 Å². The average molecular weight is 241 g/mol. The third kappa shape index (κ3) is 5.80. The summed E-state index contributed by atoms with van der Waals surface area (Å²) >= 11 is 0. The van der Waals surface area contributed by atoms with Crippen molar-refractivity contribution in [3.8, 4) is 5.75 Å². The fourth-order valence-electron chi connectivity index (χ4n) is 1.03. The molecule has 0 aliphatic carbocycles. The molecule has 0 atom stereocenters. The molecule has 0 aromatic heterocycles. The molecule has 0 saturated carbocycles. The molecule has 0 bridgehead atoms. The molecule has 4 heteroatoms. The standard InChI is InChI=1S/C9H11NO3.2C2H6/c1-10-7-4-3-6(9(11)12)5-8(7)13-2;2*1-2/h3-5,10H,1-2H3,(H,11,12);2*1-2H3. The average Bonchev–Trinajstić information content (AvgIpc) is 2.42. The molecule has 0 fully saturated rings. The maximum Gasteiger partial charge on any atom is 0.335 e. The van der Waals surface area contributed by atoms with Crippen molar-refractivity contribution in [3.63, 3.8) is 0 Å². The number of anilines is 1. The molecule has 1 rings (SSSR count). The van der Waals surface area contributed by atoms with Gasteiger partial charge < -0.3 is 15.2 Å². The summed E-state index contributed by atoms with van der Waals surface area (Å²) in [5.41, 5.74) is 0.989. The number of rotatable bonds is 3. The summed E-state index contributed by atoms with van der Waals surface area (Å²) in [6.45, 7) is 8.00. The summed E-state index contributed by atoms with van der Waals surface area (Å²) < 4.78 is 5.00. The highest BCUT2D eigenvalue weighted by Crippen LogP contribution is 2.24. The van der Waals surface area contributed by atoms with Crippen LogP contribution in [-0.2, 0) is 0 Å². The van der Waals surface area contributed by atoms with Crippen molar-refractivity contribution in [2.45, 2.75) is 27.7 Å². The molecule has 0 unspecified atom stereocenters. The minimum Gasteiger partial charge on any atom is -0.495 e. The third-order valence-electron chi connectivity index (χ3n) is 1.72. The number of hydrogen-bond donors (Lipinski definition) is 2. The summed E-state index contributed by atoms with van der Waals surface area (Å²) in [6, 6.07) is 4.67.